The molecule has 0 bridgehead atoms. The minimum absolute atomic E-state index is 0.893. The summed E-state index contributed by atoms with van der Waals surface area (Å²) in [6, 6.07) is 0. The predicted octanol–water partition coefficient (Wildman–Crippen LogP) is 3.45. The van der Waals surface area contributed by atoms with Crippen LogP contribution in [0.5, 0.6) is 0 Å². The molecule has 1 N–H and O–H groups in total. The summed E-state index contributed by atoms with van der Waals surface area (Å²) < 4.78 is 0. The SMILES string of the molecule is CC.CC(C)CCC1CCNCC1. The molecule has 0 saturated carbocycles. The Kier molecular flexibility index (Phi) is 8.53. The highest BCUT2D eigenvalue weighted by atomic mass is 14.9. The second-order valence-corrected chi connectivity index (χ2v) is 4.16. The first-order valence-corrected chi connectivity index (χ1v) is 5.99. The van der Waals surface area contributed by atoms with E-state index in [9.17, 15) is 0 Å². The highest BCUT2D eigenvalue weighted by Crippen LogP contribution is 2.20. The van der Waals surface area contributed by atoms with Gasteiger partial charge < -0.3 is 5.32 Å². The Bertz CT molecular complexity index is 93.3. The van der Waals surface area contributed by atoms with Gasteiger partial charge in [0.2, 0.25) is 0 Å². The smallest absolute Gasteiger partial charge is 0.00463 e. The van der Waals surface area contributed by atoms with Crippen LogP contribution in [0.25, 0.3) is 0 Å². The zero-order valence-corrected chi connectivity index (χ0v) is 9.90. The van der Waals surface area contributed by atoms with E-state index in [0.29, 0.717) is 0 Å². The highest BCUT2D eigenvalue weighted by molar-refractivity contribution is 4.68. The van der Waals surface area contributed by atoms with Crippen molar-refractivity contribution in [2.24, 2.45) is 11.8 Å². The molecular formula is C12H27N. The molecule has 0 atom stereocenters. The molecule has 1 heteroatoms. The summed E-state index contributed by atoms with van der Waals surface area (Å²) in [4.78, 5) is 0. The largest absolute Gasteiger partial charge is 0.317 e. The Morgan fingerprint density at radius 2 is 1.69 bits per heavy atom. The number of hydrogen-bond acceptors (Lipinski definition) is 1. The molecule has 1 nitrogen and oxygen atoms in total. The highest BCUT2D eigenvalue weighted by Gasteiger charge is 2.12. The molecule has 0 aromatic carbocycles. The lowest BCUT2D eigenvalue weighted by molar-refractivity contribution is 0.330. The zero-order valence-electron chi connectivity index (χ0n) is 9.90. The first-order valence-electron chi connectivity index (χ1n) is 5.99. The van der Waals surface area contributed by atoms with Gasteiger partial charge >= 0.3 is 0 Å². The van der Waals surface area contributed by atoms with Gasteiger partial charge in [-0.1, -0.05) is 40.5 Å². The Labute approximate surface area is 84.3 Å². The van der Waals surface area contributed by atoms with Crippen LogP contribution in [0.4, 0.5) is 0 Å². The fraction of sp³-hybridized carbons (Fsp3) is 1.00. The molecule has 0 aromatic heterocycles. The second kappa shape index (κ2) is 8.55. The number of piperidine rings is 1. The van der Waals surface area contributed by atoms with Crippen LogP contribution < -0.4 is 5.32 Å². The molecule has 0 unspecified atom stereocenters. The average molecular weight is 185 g/mol. The van der Waals surface area contributed by atoms with Gasteiger partial charge in [-0.3, -0.25) is 0 Å². The summed E-state index contributed by atoms with van der Waals surface area (Å²) in [5.74, 6) is 1.92. The lowest BCUT2D eigenvalue weighted by Crippen LogP contribution is -2.27. The third kappa shape index (κ3) is 7.06. The van der Waals surface area contributed by atoms with Crippen LogP contribution in [0.1, 0.15) is 53.4 Å². The van der Waals surface area contributed by atoms with Crippen molar-refractivity contribution in [3.63, 3.8) is 0 Å². The Hall–Kier alpha value is -0.0400. The molecule has 80 valence electrons. The number of nitrogens with one attached hydrogen (secondary N) is 1. The molecule has 0 aliphatic carbocycles. The van der Waals surface area contributed by atoms with E-state index in [1.54, 1.807) is 0 Å². The molecule has 1 saturated heterocycles. The first-order chi connectivity index (χ1) is 6.29. The quantitative estimate of drug-likeness (QED) is 0.710. The molecule has 1 aliphatic rings. The summed E-state index contributed by atoms with van der Waals surface area (Å²) in [5, 5.41) is 3.40. The van der Waals surface area contributed by atoms with Crippen LogP contribution in [0.2, 0.25) is 0 Å². The first kappa shape index (κ1) is 13.0. The lowest BCUT2D eigenvalue weighted by Gasteiger charge is -2.22. The van der Waals surface area contributed by atoms with Crippen molar-refractivity contribution < 1.29 is 0 Å². The van der Waals surface area contributed by atoms with E-state index in [1.165, 1.54) is 38.8 Å². The summed E-state index contributed by atoms with van der Waals surface area (Å²) >= 11 is 0. The normalized spacial score (nSPS) is 18.2. The third-order valence-electron chi connectivity index (χ3n) is 2.61. The molecule has 0 spiro atoms. The molecule has 13 heavy (non-hydrogen) atoms. The van der Waals surface area contributed by atoms with Crippen molar-refractivity contribution in [2.75, 3.05) is 13.1 Å². The van der Waals surface area contributed by atoms with Gasteiger partial charge in [-0.25, -0.2) is 0 Å². The summed E-state index contributed by atoms with van der Waals surface area (Å²) in [5.41, 5.74) is 0. The molecular weight excluding hydrogens is 158 g/mol. The number of rotatable bonds is 3. The van der Waals surface area contributed by atoms with Gasteiger partial charge in [0.15, 0.2) is 0 Å². The molecule has 0 radical (unpaired) electrons. The minimum atomic E-state index is 0.893. The van der Waals surface area contributed by atoms with Crippen molar-refractivity contribution in [3.8, 4) is 0 Å². The van der Waals surface area contributed by atoms with E-state index < -0.39 is 0 Å². The van der Waals surface area contributed by atoms with Crippen LogP contribution >= 0.6 is 0 Å². The molecule has 1 heterocycles. The van der Waals surface area contributed by atoms with Gasteiger partial charge in [0.1, 0.15) is 0 Å². The molecule has 1 aliphatic heterocycles. The van der Waals surface area contributed by atoms with Crippen LogP contribution in [-0.4, -0.2) is 13.1 Å². The molecule has 0 aromatic rings. The van der Waals surface area contributed by atoms with Crippen LogP contribution in [0.15, 0.2) is 0 Å². The van der Waals surface area contributed by atoms with E-state index in [0.717, 1.165) is 11.8 Å². The zero-order chi connectivity index (χ0) is 10.1. The fourth-order valence-electron chi connectivity index (χ4n) is 1.74. The Morgan fingerprint density at radius 1 is 1.15 bits per heavy atom. The van der Waals surface area contributed by atoms with E-state index >= 15 is 0 Å². The van der Waals surface area contributed by atoms with E-state index in [4.69, 9.17) is 0 Å². The van der Waals surface area contributed by atoms with Crippen molar-refractivity contribution in [1.29, 1.82) is 0 Å². The second-order valence-electron chi connectivity index (χ2n) is 4.16. The average Bonchev–Trinajstić information content (AvgIpc) is 2.19. The van der Waals surface area contributed by atoms with E-state index in [2.05, 4.69) is 19.2 Å². The van der Waals surface area contributed by atoms with Crippen molar-refractivity contribution >= 4 is 0 Å². The maximum Gasteiger partial charge on any atom is -0.00463 e. The van der Waals surface area contributed by atoms with Crippen LogP contribution in [0.3, 0.4) is 0 Å². The van der Waals surface area contributed by atoms with E-state index in [1.807, 2.05) is 13.8 Å². The van der Waals surface area contributed by atoms with E-state index in [-0.39, 0.29) is 0 Å². The maximum absolute atomic E-state index is 3.40. The van der Waals surface area contributed by atoms with Gasteiger partial charge in [-0.15, -0.1) is 0 Å². The fourth-order valence-corrected chi connectivity index (χ4v) is 1.74. The van der Waals surface area contributed by atoms with Crippen molar-refractivity contribution in [1.82, 2.24) is 5.32 Å². The molecule has 1 rings (SSSR count). The topological polar surface area (TPSA) is 12.0 Å². The standard InChI is InChI=1S/C10H21N.C2H6/c1-9(2)3-4-10-5-7-11-8-6-10;1-2/h9-11H,3-8H2,1-2H3;1-2H3. The van der Waals surface area contributed by atoms with Gasteiger partial charge in [0.05, 0.1) is 0 Å². The van der Waals surface area contributed by atoms with Gasteiger partial charge in [-0.2, -0.15) is 0 Å². The van der Waals surface area contributed by atoms with Crippen molar-refractivity contribution in [3.05, 3.63) is 0 Å². The summed E-state index contributed by atoms with van der Waals surface area (Å²) in [6.07, 6.45) is 5.70. The van der Waals surface area contributed by atoms with Crippen LogP contribution in [0, 0.1) is 11.8 Å². The van der Waals surface area contributed by atoms with Gasteiger partial charge in [0.25, 0.3) is 0 Å². The van der Waals surface area contributed by atoms with Gasteiger partial charge in [0, 0.05) is 0 Å². The van der Waals surface area contributed by atoms with Gasteiger partial charge in [-0.05, 0) is 37.8 Å². The monoisotopic (exact) mass is 185 g/mol. The minimum Gasteiger partial charge on any atom is -0.317 e. The summed E-state index contributed by atoms with van der Waals surface area (Å²) in [7, 11) is 0. The summed E-state index contributed by atoms with van der Waals surface area (Å²) in [6.45, 7) is 11.1. The Balaban J connectivity index is 0.000000671. The predicted molar refractivity (Wildman–Crippen MR) is 61.0 cm³/mol. The number of hydrogen-bond donors (Lipinski definition) is 1. The lowest BCUT2D eigenvalue weighted by atomic mass is 9.90. The molecule has 0 amide bonds. The third-order valence-corrected chi connectivity index (χ3v) is 2.61. The molecule has 1 fully saturated rings. The van der Waals surface area contributed by atoms with Crippen LogP contribution in [-0.2, 0) is 0 Å². The van der Waals surface area contributed by atoms with Crippen molar-refractivity contribution in [2.45, 2.75) is 53.4 Å². The maximum atomic E-state index is 3.40. The Morgan fingerprint density at radius 3 is 2.15 bits per heavy atom.